The van der Waals surface area contributed by atoms with E-state index in [0.717, 1.165) is 18.4 Å². The van der Waals surface area contributed by atoms with Crippen molar-refractivity contribution in [2.75, 3.05) is 14.1 Å². The fraction of sp³-hybridized carbons (Fsp3) is 0.467. The van der Waals surface area contributed by atoms with Gasteiger partial charge in [-0.3, -0.25) is 9.59 Å². The molecule has 0 aliphatic rings. The van der Waals surface area contributed by atoms with Crippen molar-refractivity contribution in [2.45, 2.75) is 32.2 Å². The summed E-state index contributed by atoms with van der Waals surface area (Å²) in [6.07, 6.45) is 2.50. The second-order valence-electron chi connectivity index (χ2n) is 4.62. The van der Waals surface area contributed by atoms with Gasteiger partial charge in [-0.2, -0.15) is 0 Å². The summed E-state index contributed by atoms with van der Waals surface area (Å²) in [4.78, 5) is 24.6. The van der Waals surface area contributed by atoms with Crippen molar-refractivity contribution in [2.24, 2.45) is 0 Å². The van der Waals surface area contributed by atoms with E-state index in [1.165, 1.54) is 0 Å². The quantitative estimate of drug-likeness (QED) is 0.764. The maximum absolute atomic E-state index is 11.9. The lowest BCUT2D eigenvalue weighted by atomic mass is 10.1. The number of benzene rings is 1. The van der Waals surface area contributed by atoms with Gasteiger partial charge < -0.3 is 10.2 Å². The average molecular weight is 262 g/mol. The lowest BCUT2D eigenvalue weighted by molar-refractivity contribution is -0.130. The Morgan fingerprint density at radius 2 is 1.74 bits per heavy atom. The number of carbonyl (C=O) groups excluding carboxylic acids is 2. The van der Waals surface area contributed by atoms with E-state index in [1.807, 2.05) is 37.4 Å². The molecule has 0 saturated heterocycles. The number of carbonyl (C=O) groups is 2. The van der Waals surface area contributed by atoms with Gasteiger partial charge in [0.15, 0.2) is 0 Å². The molecule has 0 bridgehead atoms. The molecule has 104 valence electrons. The first kappa shape index (κ1) is 15.2. The fourth-order valence-electron chi connectivity index (χ4n) is 1.82. The number of hydrogen-bond acceptors (Lipinski definition) is 2. The predicted molar refractivity (Wildman–Crippen MR) is 75.5 cm³/mol. The number of hydrogen-bond donors (Lipinski definition) is 1. The van der Waals surface area contributed by atoms with Crippen LogP contribution in [0.3, 0.4) is 0 Å². The minimum atomic E-state index is 0.0325. The van der Waals surface area contributed by atoms with Crippen LogP contribution in [0.2, 0.25) is 0 Å². The van der Waals surface area contributed by atoms with Crippen LogP contribution in [-0.4, -0.2) is 30.8 Å². The van der Waals surface area contributed by atoms with Crippen LogP contribution >= 0.6 is 0 Å². The van der Waals surface area contributed by atoms with E-state index in [0.29, 0.717) is 19.4 Å². The SMILES string of the molecule is CNC(=O)CCCCC(=O)N(C)Cc1ccccc1. The average Bonchev–Trinajstić information content (AvgIpc) is 2.44. The molecule has 1 rings (SSSR count). The van der Waals surface area contributed by atoms with Gasteiger partial charge >= 0.3 is 0 Å². The second-order valence-corrected chi connectivity index (χ2v) is 4.62. The van der Waals surface area contributed by atoms with Gasteiger partial charge in [-0.15, -0.1) is 0 Å². The molecular formula is C15H22N2O2. The summed E-state index contributed by atoms with van der Waals surface area (Å²) in [7, 11) is 3.44. The van der Waals surface area contributed by atoms with Crippen LogP contribution in [0, 0.1) is 0 Å². The van der Waals surface area contributed by atoms with Gasteiger partial charge in [0.1, 0.15) is 0 Å². The van der Waals surface area contributed by atoms with Crippen LogP contribution in [0.15, 0.2) is 30.3 Å². The molecule has 1 aromatic carbocycles. The van der Waals surface area contributed by atoms with E-state index in [1.54, 1.807) is 11.9 Å². The van der Waals surface area contributed by atoms with E-state index in [-0.39, 0.29) is 11.8 Å². The van der Waals surface area contributed by atoms with E-state index >= 15 is 0 Å². The molecule has 0 saturated carbocycles. The summed E-state index contributed by atoms with van der Waals surface area (Å²) >= 11 is 0. The molecule has 0 aliphatic heterocycles. The Morgan fingerprint density at radius 1 is 1.11 bits per heavy atom. The summed E-state index contributed by atoms with van der Waals surface area (Å²) < 4.78 is 0. The third-order valence-electron chi connectivity index (χ3n) is 3.01. The summed E-state index contributed by atoms with van der Waals surface area (Å²) in [5.41, 5.74) is 1.13. The lowest BCUT2D eigenvalue weighted by Crippen LogP contribution is -2.26. The molecule has 1 N–H and O–H groups in total. The number of unbranched alkanes of at least 4 members (excludes halogenated alkanes) is 1. The highest BCUT2D eigenvalue weighted by molar-refractivity contribution is 5.76. The van der Waals surface area contributed by atoms with Crippen LogP contribution in [0.4, 0.5) is 0 Å². The largest absolute Gasteiger partial charge is 0.359 e. The van der Waals surface area contributed by atoms with Crippen LogP contribution in [0.1, 0.15) is 31.2 Å². The Bertz CT molecular complexity index is 404. The van der Waals surface area contributed by atoms with Crippen molar-refractivity contribution in [1.29, 1.82) is 0 Å². The molecular weight excluding hydrogens is 240 g/mol. The molecule has 19 heavy (non-hydrogen) atoms. The molecule has 4 nitrogen and oxygen atoms in total. The van der Waals surface area contributed by atoms with E-state index < -0.39 is 0 Å². The normalized spacial score (nSPS) is 10.0. The first-order chi connectivity index (χ1) is 9.13. The topological polar surface area (TPSA) is 49.4 Å². The highest BCUT2D eigenvalue weighted by Gasteiger charge is 2.09. The summed E-state index contributed by atoms with van der Waals surface area (Å²) in [5, 5.41) is 2.57. The molecule has 0 unspecified atom stereocenters. The highest BCUT2D eigenvalue weighted by atomic mass is 16.2. The Labute approximate surface area is 114 Å². The van der Waals surface area contributed by atoms with Gasteiger partial charge in [-0.25, -0.2) is 0 Å². The van der Waals surface area contributed by atoms with Gasteiger partial charge in [-0.1, -0.05) is 30.3 Å². The Hall–Kier alpha value is -1.84. The summed E-state index contributed by atoms with van der Waals surface area (Å²) in [6, 6.07) is 9.92. The van der Waals surface area contributed by atoms with Crippen LogP contribution in [0.25, 0.3) is 0 Å². The maximum Gasteiger partial charge on any atom is 0.222 e. The van der Waals surface area contributed by atoms with Gasteiger partial charge in [-0.05, 0) is 18.4 Å². The number of rotatable bonds is 7. The van der Waals surface area contributed by atoms with Gasteiger partial charge in [0.2, 0.25) is 11.8 Å². The van der Waals surface area contributed by atoms with E-state index in [9.17, 15) is 9.59 Å². The van der Waals surface area contributed by atoms with Crippen LogP contribution in [0.5, 0.6) is 0 Å². The number of nitrogens with one attached hydrogen (secondary N) is 1. The van der Waals surface area contributed by atoms with Gasteiger partial charge in [0.05, 0.1) is 0 Å². The zero-order valence-electron chi connectivity index (χ0n) is 11.7. The molecule has 1 aromatic rings. The molecule has 0 radical (unpaired) electrons. The summed E-state index contributed by atoms with van der Waals surface area (Å²) in [6.45, 7) is 0.634. The molecule has 0 spiro atoms. The molecule has 4 heteroatoms. The first-order valence-electron chi connectivity index (χ1n) is 6.62. The minimum absolute atomic E-state index is 0.0325. The third kappa shape index (κ3) is 6.04. The van der Waals surface area contributed by atoms with Gasteiger partial charge in [0, 0.05) is 33.5 Å². The molecule has 0 aliphatic carbocycles. The minimum Gasteiger partial charge on any atom is -0.359 e. The molecule has 0 atom stereocenters. The maximum atomic E-state index is 11.9. The standard InChI is InChI=1S/C15H22N2O2/c1-16-14(18)10-6-7-11-15(19)17(2)12-13-8-4-3-5-9-13/h3-5,8-9H,6-7,10-12H2,1-2H3,(H,16,18). The predicted octanol–water partition coefficient (Wildman–Crippen LogP) is 1.95. The van der Waals surface area contributed by atoms with Crippen molar-refractivity contribution in [3.63, 3.8) is 0 Å². The lowest BCUT2D eigenvalue weighted by Gasteiger charge is -2.17. The summed E-state index contributed by atoms with van der Waals surface area (Å²) in [5.74, 6) is 0.158. The van der Waals surface area contributed by atoms with Crippen LogP contribution < -0.4 is 5.32 Å². The smallest absolute Gasteiger partial charge is 0.222 e. The zero-order chi connectivity index (χ0) is 14.1. The highest BCUT2D eigenvalue weighted by Crippen LogP contribution is 2.07. The Kier molecular flexibility index (Phi) is 6.64. The van der Waals surface area contributed by atoms with Crippen molar-refractivity contribution in [3.05, 3.63) is 35.9 Å². The monoisotopic (exact) mass is 262 g/mol. The molecule has 2 amide bonds. The first-order valence-corrected chi connectivity index (χ1v) is 6.62. The molecule has 0 aromatic heterocycles. The van der Waals surface area contributed by atoms with Crippen LogP contribution in [-0.2, 0) is 16.1 Å². The fourth-order valence-corrected chi connectivity index (χ4v) is 1.82. The van der Waals surface area contributed by atoms with Crippen molar-refractivity contribution >= 4 is 11.8 Å². The Balaban J connectivity index is 2.24. The van der Waals surface area contributed by atoms with Gasteiger partial charge in [0.25, 0.3) is 0 Å². The third-order valence-corrected chi connectivity index (χ3v) is 3.01. The Morgan fingerprint density at radius 3 is 2.37 bits per heavy atom. The van der Waals surface area contributed by atoms with E-state index in [2.05, 4.69) is 5.32 Å². The van der Waals surface area contributed by atoms with Crippen molar-refractivity contribution in [1.82, 2.24) is 10.2 Å². The second kappa shape index (κ2) is 8.29. The zero-order valence-corrected chi connectivity index (χ0v) is 11.7. The van der Waals surface area contributed by atoms with Crippen molar-refractivity contribution < 1.29 is 9.59 Å². The molecule has 0 heterocycles. The number of amides is 2. The number of nitrogens with zero attached hydrogens (tertiary/aromatic N) is 1. The van der Waals surface area contributed by atoms with Crippen molar-refractivity contribution in [3.8, 4) is 0 Å². The molecule has 0 fully saturated rings. The van der Waals surface area contributed by atoms with E-state index in [4.69, 9.17) is 0 Å².